The fourth-order valence-corrected chi connectivity index (χ4v) is 4.72. The summed E-state index contributed by atoms with van der Waals surface area (Å²) in [6.45, 7) is 11.1. The number of likely N-dealkylation sites (tertiary alicyclic amines) is 1. The van der Waals surface area contributed by atoms with Crippen LogP contribution in [0, 0.1) is 0 Å². The molecule has 34 heavy (non-hydrogen) atoms. The number of fused-ring (bicyclic) bond motifs is 1. The zero-order valence-electron chi connectivity index (χ0n) is 20.7. The molecule has 0 aliphatic carbocycles. The van der Waals surface area contributed by atoms with Gasteiger partial charge in [0.1, 0.15) is 17.8 Å². The summed E-state index contributed by atoms with van der Waals surface area (Å²) >= 11 is 0. The van der Waals surface area contributed by atoms with E-state index in [4.69, 9.17) is 14.2 Å². The summed E-state index contributed by atoms with van der Waals surface area (Å²) in [5, 5.41) is 2.96. The van der Waals surface area contributed by atoms with E-state index in [1.165, 1.54) is 0 Å². The fourth-order valence-electron chi connectivity index (χ4n) is 4.72. The smallest absolute Gasteiger partial charge is 0.410 e. The third-order valence-corrected chi connectivity index (χ3v) is 6.09. The average molecular weight is 467 g/mol. The Bertz CT molecular complexity index is 1030. The summed E-state index contributed by atoms with van der Waals surface area (Å²) in [6.07, 6.45) is -1.14. The van der Waals surface area contributed by atoms with E-state index < -0.39 is 29.6 Å². The number of benzene rings is 2. The first kappa shape index (κ1) is 24.2. The Hall–Kier alpha value is -2.90. The van der Waals surface area contributed by atoms with Gasteiger partial charge in [-0.2, -0.15) is 0 Å². The molecule has 182 valence electrons. The van der Waals surface area contributed by atoms with Gasteiger partial charge in [-0.3, -0.25) is 9.69 Å². The molecule has 4 atom stereocenters. The molecule has 0 radical (unpaired) electrons. The minimum Gasteiger partial charge on any atom is -0.444 e. The molecule has 2 aromatic carbocycles. The first-order valence-corrected chi connectivity index (χ1v) is 11.8. The summed E-state index contributed by atoms with van der Waals surface area (Å²) in [5.74, 6) is -0.974. The summed E-state index contributed by atoms with van der Waals surface area (Å²) in [5.41, 5.74) is 2.23. The highest BCUT2D eigenvalue weighted by atomic mass is 16.8. The second-order valence-corrected chi connectivity index (χ2v) is 10.5. The van der Waals surface area contributed by atoms with Crippen LogP contribution in [0.1, 0.15) is 48.0 Å². The molecule has 7 heteroatoms. The predicted octanol–water partition coefficient (Wildman–Crippen LogP) is 5.21. The van der Waals surface area contributed by atoms with Gasteiger partial charge in [-0.15, -0.1) is 0 Å². The van der Waals surface area contributed by atoms with Crippen LogP contribution in [0.25, 0.3) is 11.1 Å². The molecule has 1 N–H and O–H groups in total. The molecule has 0 spiro atoms. The minimum atomic E-state index is -0.772. The molecule has 0 bridgehead atoms. The lowest BCUT2D eigenvalue weighted by Gasteiger charge is -2.34. The second kappa shape index (κ2) is 9.04. The number of rotatable bonds is 4. The van der Waals surface area contributed by atoms with E-state index in [9.17, 15) is 9.59 Å². The highest BCUT2D eigenvalue weighted by Gasteiger charge is 2.58. The van der Waals surface area contributed by atoms with Gasteiger partial charge in [0.05, 0.1) is 18.5 Å². The maximum atomic E-state index is 13.0. The van der Waals surface area contributed by atoms with Gasteiger partial charge in [-0.05, 0) is 64.8 Å². The van der Waals surface area contributed by atoms with E-state index in [2.05, 4.69) is 5.32 Å². The van der Waals surface area contributed by atoms with Crippen molar-refractivity contribution in [2.45, 2.75) is 83.6 Å². The molecule has 2 aliphatic rings. The Labute approximate surface area is 201 Å². The quantitative estimate of drug-likeness (QED) is 0.669. The Kier molecular flexibility index (Phi) is 6.44. The average Bonchev–Trinajstić information content (AvgIpc) is 3.19. The van der Waals surface area contributed by atoms with Crippen LogP contribution in [-0.4, -0.2) is 52.6 Å². The molecule has 0 unspecified atom stereocenters. The first-order valence-electron chi connectivity index (χ1n) is 11.8. The lowest BCUT2D eigenvalue weighted by Crippen LogP contribution is -2.48. The lowest BCUT2D eigenvalue weighted by atomic mass is 10.0. The molecule has 0 aromatic heterocycles. The van der Waals surface area contributed by atoms with Crippen molar-refractivity contribution in [3.8, 4) is 11.1 Å². The maximum Gasteiger partial charge on any atom is 0.410 e. The van der Waals surface area contributed by atoms with E-state index in [0.717, 1.165) is 11.1 Å². The third kappa shape index (κ3) is 5.26. The van der Waals surface area contributed by atoms with E-state index >= 15 is 0 Å². The van der Waals surface area contributed by atoms with Gasteiger partial charge in [0.25, 0.3) is 0 Å². The normalized spacial score (nSPS) is 25.6. The van der Waals surface area contributed by atoms with Gasteiger partial charge >= 0.3 is 6.09 Å². The number of nitrogens with one attached hydrogen (secondary N) is 1. The standard InChI is InChI=1S/C27H34N2O5/c1-17-23-24(33-27(5,6)32-23)21(29(17)25(31)34-26(2,3)4)16-22(30)28-20-14-12-19(13-15-20)18-10-8-7-9-11-18/h7-15,17,21,23-24H,16H2,1-6H3,(H,28,30)/t17-,21+,23+,24-/m0/s1. The van der Waals surface area contributed by atoms with Crippen LogP contribution in [0.2, 0.25) is 0 Å². The van der Waals surface area contributed by atoms with Crippen molar-refractivity contribution in [3.63, 3.8) is 0 Å². The summed E-state index contributed by atoms with van der Waals surface area (Å²) in [6, 6.07) is 17.0. The van der Waals surface area contributed by atoms with Crippen molar-refractivity contribution in [2.75, 3.05) is 5.32 Å². The Balaban J connectivity index is 1.48. The Morgan fingerprint density at radius 2 is 1.56 bits per heavy atom. The van der Waals surface area contributed by atoms with Crippen molar-refractivity contribution >= 4 is 17.7 Å². The molecular formula is C27H34N2O5. The van der Waals surface area contributed by atoms with Crippen LogP contribution in [0.4, 0.5) is 10.5 Å². The number of carbonyl (C=O) groups excluding carboxylic acids is 2. The monoisotopic (exact) mass is 466 g/mol. The second-order valence-electron chi connectivity index (χ2n) is 10.5. The fraction of sp³-hybridized carbons (Fsp3) is 0.481. The van der Waals surface area contributed by atoms with E-state index in [0.29, 0.717) is 5.69 Å². The molecule has 2 saturated heterocycles. The minimum absolute atomic E-state index is 0.0740. The zero-order valence-corrected chi connectivity index (χ0v) is 20.7. The van der Waals surface area contributed by atoms with Crippen molar-refractivity contribution in [3.05, 3.63) is 54.6 Å². The van der Waals surface area contributed by atoms with E-state index in [1.807, 2.05) is 96.1 Å². The van der Waals surface area contributed by atoms with Gasteiger partial charge in [0.2, 0.25) is 5.91 Å². The van der Waals surface area contributed by atoms with Crippen molar-refractivity contribution in [1.29, 1.82) is 0 Å². The molecule has 7 nitrogen and oxygen atoms in total. The van der Waals surface area contributed by atoms with Crippen LogP contribution in [-0.2, 0) is 19.0 Å². The number of nitrogens with zero attached hydrogens (tertiary/aromatic N) is 1. The van der Waals surface area contributed by atoms with Crippen molar-refractivity contribution in [1.82, 2.24) is 4.90 Å². The van der Waals surface area contributed by atoms with E-state index in [-0.39, 0.29) is 24.5 Å². The van der Waals surface area contributed by atoms with E-state index in [1.54, 1.807) is 4.90 Å². The lowest BCUT2D eigenvalue weighted by molar-refractivity contribution is -0.166. The van der Waals surface area contributed by atoms with Crippen LogP contribution in [0.15, 0.2) is 54.6 Å². The molecule has 2 heterocycles. The van der Waals surface area contributed by atoms with Gasteiger partial charge in [-0.25, -0.2) is 4.79 Å². The molecule has 2 aromatic rings. The number of hydrogen-bond acceptors (Lipinski definition) is 5. The van der Waals surface area contributed by atoms with Crippen LogP contribution in [0.3, 0.4) is 0 Å². The number of ether oxygens (including phenoxy) is 3. The highest BCUT2D eigenvalue weighted by molar-refractivity contribution is 5.92. The molecule has 2 fully saturated rings. The Morgan fingerprint density at radius 1 is 0.971 bits per heavy atom. The molecule has 0 saturated carbocycles. The van der Waals surface area contributed by atoms with Gasteiger partial charge in [-0.1, -0.05) is 42.5 Å². The summed E-state index contributed by atoms with van der Waals surface area (Å²) in [7, 11) is 0. The summed E-state index contributed by atoms with van der Waals surface area (Å²) in [4.78, 5) is 27.7. The van der Waals surface area contributed by atoms with Crippen molar-refractivity contribution in [2.24, 2.45) is 0 Å². The summed E-state index contributed by atoms with van der Waals surface area (Å²) < 4.78 is 17.8. The van der Waals surface area contributed by atoms with Gasteiger partial charge in [0.15, 0.2) is 5.79 Å². The van der Waals surface area contributed by atoms with Crippen LogP contribution in [0.5, 0.6) is 0 Å². The molecule has 4 rings (SSSR count). The third-order valence-electron chi connectivity index (χ3n) is 6.09. The molecular weight excluding hydrogens is 432 g/mol. The topological polar surface area (TPSA) is 77.1 Å². The maximum absolute atomic E-state index is 13.0. The number of carbonyl (C=O) groups is 2. The first-order chi connectivity index (χ1) is 15.9. The van der Waals surface area contributed by atoms with Gasteiger partial charge < -0.3 is 19.5 Å². The zero-order chi connectivity index (χ0) is 24.7. The van der Waals surface area contributed by atoms with Gasteiger partial charge in [0, 0.05) is 5.69 Å². The molecule has 2 amide bonds. The number of hydrogen-bond donors (Lipinski definition) is 1. The largest absolute Gasteiger partial charge is 0.444 e. The Morgan fingerprint density at radius 3 is 2.18 bits per heavy atom. The predicted molar refractivity (Wildman–Crippen MR) is 130 cm³/mol. The van der Waals surface area contributed by atoms with Crippen LogP contribution >= 0.6 is 0 Å². The highest BCUT2D eigenvalue weighted by Crippen LogP contribution is 2.42. The van der Waals surface area contributed by atoms with Crippen molar-refractivity contribution < 1.29 is 23.8 Å². The number of amides is 2. The SMILES string of the molecule is C[C@H]1[C@H]2OC(C)(C)O[C@H]2[C@@H](CC(=O)Nc2ccc(-c3ccccc3)cc2)N1C(=O)OC(C)(C)C. The van der Waals surface area contributed by atoms with Crippen LogP contribution < -0.4 is 5.32 Å². The number of anilines is 1. The molecule has 2 aliphatic heterocycles.